The fraction of sp³-hybridized carbons (Fsp3) is 0.714. The number of amides is 1. The zero-order chi connectivity index (χ0) is 14.8. The number of hydrogen-bond donors (Lipinski definition) is 1. The summed E-state index contributed by atoms with van der Waals surface area (Å²) in [6.07, 6.45) is 2.85. The lowest BCUT2D eigenvalue weighted by molar-refractivity contribution is -0.0749. The van der Waals surface area contributed by atoms with E-state index in [1.807, 2.05) is 18.7 Å². The van der Waals surface area contributed by atoms with Crippen molar-refractivity contribution in [3.8, 4) is 0 Å². The first-order valence-electron chi connectivity index (χ1n) is 6.89. The molecule has 1 saturated heterocycles. The Hall–Kier alpha value is -0.980. The monoisotopic (exact) mass is 298 g/mol. The molecular formula is C14H22N2O3S. The number of likely N-dealkylation sites (tertiary alicyclic amines) is 1. The number of carbonyl (C=O) groups is 1. The molecule has 1 aliphatic heterocycles. The zero-order valence-electron chi connectivity index (χ0n) is 12.3. The van der Waals surface area contributed by atoms with Crippen LogP contribution in [-0.2, 0) is 4.74 Å². The molecule has 2 heterocycles. The number of methoxy groups -OCH3 is 1. The molecule has 5 nitrogen and oxygen atoms in total. The summed E-state index contributed by atoms with van der Waals surface area (Å²) in [7, 11) is 1.64. The van der Waals surface area contributed by atoms with E-state index in [4.69, 9.17) is 4.74 Å². The van der Waals surface area contributed by atoms with Gasteiger partial charge in [0.25, 0.3) is 5.91 Å². The molecule has 112 valence electrons. The summed E-state index contributed by atoms with van der Waals surface area (Å²) < 4.78 is 5.06. The predicted molar refractivity (Wildman–Crippen MR) is 78.0 cm³/mol. The van der Waals surface area contributed by atoms with E-state index < -0.39 is 5.60 Å². The summed E-state index contributed by atoms with van der Waals surface area (Å²) in [5.74, 6) is 0.0700. The number of rotatable bonds is 4. The van der Waals surface area contributed by atoms with E-state index in [0.717, 1.165) is 5.01 Å². The molecular weight excluding hydrogens is 276 g/mol. The van der Waals surface area contributed by atoms with Gasteiger partial charge in [0, 0.05) is 32.7 Å². The topological polar surface area (TPSA) is 62.7 Å². The van der Waals surface area contributed by atoms with E-state index in [-0.39, 0.29) is 11.8 Å². The van der Waals surface area contributed by atoms with Crippen LogP contribution in [0.3, 0.4) is 0 Å². The maximum Gasteiger partial charge on any atom is 0.265 e. The van der Waals surface area contributed by atoms with E-state index in [1.165, 1.54) is 11.3 Å². The minimum absolute atomic E-state index is 0.0243. The minimum Gasteiger partial charge on any atom is -0.389 e. The van der Waals surface area contributed by atoms with Gasteiger partial charge in [-0.25, -0.2) is 4.98 Å². The smallest absolute Gasteiger partial charge is 0.265 e. The molecule has 2 rings (SSSR count). The van der Waals surface area contributed by atoms with Crippen LogP contribution >= 0.6 is 11.3 Å². The Bertz CT molecular complexity index is 477. The van der Waals surface area contributed by atoms with Gasteiger partial charge >= 0.3 is 0 Å². The van der Waals surface area contributed by atoms with Crippen molar-refractivity contribution in [3.63, 3.8) is 0 Å². The number of nitrogens with zero attached hydrogens (tertiary/aromatic N) is 2. The van der Waals surface area contributed by atoms with Gasteiger partial charge in [-0.1, -0.05) is 6.92 Å². The van der Waals surface area contributed by atoms with Crippen LogP contribution in [0.25, 0.3) is 0 Å². The lowest BCUT2D eigenvalue weighted by Crippen LogP contribution is -2.52. The summed E-state index contributed by atoms with van der Waals surface area (Å²) in [6, 6.07) is 0. The van der Waals surface area contributed by atoms with Crippen LogP contribution in [0.2, 0.25) is 0 Å². The van der Waals surface area contributed by atoms with Gasteiger partial charge in [-0.05, 0) is 19.8 Å². The van der Waals surface area contributed by atoms with Crippen molar-refractivity contribution < 1.29 is 14.6 Å². The van der Waals surface area contributed by atoms with Gasteiger partial charge in [-0.15, -0.1) is 11.3 Å². The number of hydrogen-bond acceptors (Lipinski definition) is 5. The molecule has 0 saturated carbocycles. The average molecular weight is 298 g/mol. The molecule has 2 atom stereocenters. The molecule has 0 aliphatic carbocycles. The number of carbonyl (C=O) groups excluding carboxylic acids is 1. The first kappa shape index (κ1) is 15.4. The predicted octanol–water partition coefficient (Wildman–Crippen LogP) is 1.70. The second-order valence-electron chi connectivity index (χ2n) is 5.49. The molecule has 20 heavy (non-hydrogen) atoms. The van der Waals surface area contributed by atoms with Gasteiger partial charge in [-0.3, -0.25) is 4.79 Å². The van der Waals surface area contributed by atoms with Gasteiger partial charge < -0.3 is 14.7 Å². The third-order valence-electron chi connectivity index (χ3n) is 4.08. The second kappa shape index (κ2) is 6.20. The van der Waals surface area contributed by atoms with Crippen LogP contribution < -0.4 is 0 Å². The molecule has 6 heteroatoms. The van der Waals surface area contributed by atoms with E-state index in [9.17, 15) is 9.90 Å². The molecule has 0 bridgehead atoms. The molecule has 1 aromatic heterocycles. The average Bonchev–Trinajstić information content (AvgIpc) is 2.86. The molecule has 0 unspecified atom stereocenters. The van der Waals surface area contributed by atoms with Crippen molar-refractivity contribution >= 4 is 17.2 Å². The number of aryl methyl sites for hydroxylation is 1. The second-order valence-corrected chi connectivity index (χ2v) is 6.73. The van der Waals surface area contributed by atoms with Gasteiger partial charge in [0.15, 0.2) is 0 Å². The number of thiazole rings is 1. The third kappa shape index (κ3) is 3.19. The quantitative estimate of drug-likeness (QED) is 0.919. The lowest BCUT2D eigenvalue weighted by atomic mass is 9.80. The fourth-order valence-corrected chi connectivity index (χ4v) is 3.36. The number of piperidine rings is 1. The molecule has 0 radical (unpaired) electrons. The van der Waals surface area contributed by atoms with E-state index in [1.54, 1.807) is 13.3 Å². The number of ether oxygens (including phenoxy) is 1. The highest BCUT2D eigenvalue weighted by Gasteiger charge is 2.40. The normalized spacial score (nSPS) is 26.8. The molecule has 1 N–H and O–H groups in total. The van der Waals surface area contributed by atoms with Gasteiger partial charge in [0.1, 0.15) is 4.88 Å². The van der Waals surface area contributed by atoms with Crippen LogP contribution in [-0.4, -0.2) is 53.3 Å². The van der Waals surface area contributed by atoms with E-state index in [0.29, 0.717) is 37.4 Å². The third-order valence-corrected chi connectivity index (χ3v) is 4.99. The molecule has 0 spiro atoms. The summed E-state index contributed by atoms with van der Waals surface area (Å²) in [5, 5.41) is 11.5. The van der Waals surface area contributed by atoms with Crippen LogP contribution in [0.5, 0.6) is 0 Å². The van der Waals surface area contributed by atoms with Crippen molar-refractivity contribution in [2.45, 2.75) is 32.3 Å². The molecule has 1 aliphatic rings. The fourth-order valence-electron chi connectivity index (χ4n) is 2.62. The summed E-state index contributed by atoms with van der Waals surface area (Å²) in [5.41, 5.74) is -0.726. The Morgan fingerprint density at radius 1 is 1.70 bits per heavy atom. The Labute approximate surface area is 123 Å². The minimum atomic E-state index is -0.726. The summed E-state index contributed by atoms with van der Waals surface area (Å²) in [4.78, 5) is 19.0. The van der Waals surface area contributed by atoms with Gasteiger partial charge in [0.2, 0.25) is 0 Å². The van der Waals surface area contributed by atoms with E-state index >= 15 is 0 Å². The summed E-state index contributed by atoms with van der Waals surface area (Å²) in [6.45, 7) is 5.59. The highest BCUT2D eigenvalue weighted by atomic mass is 32.1. The maximum atomic E-state index is 12.4. The highest BCUT2D eigenvalue weighted by molar-refractivity contribution is 7.13. The number of aliphatic hydroxyl groups is 1. The van der Waals surface area contributed by atoms with Crippen molar-refractivity contribution in [2.75, 3.05) is 26.8 Å². The Morgan fingerprint density at radius 2 is 2.45 bits per heavy atom. The molecule has 0 aromatic carbocycles. The SMILES string of the molecule is COCC[C@]1(O)CCN(C(=O)c2cnc(C)s2)C[C@H]1C. The van der Waals surface area contributed by atoms with Crippen LogP contribution in [0.1, 0.15) is 34.4 Å². The first-order valence-corrected chi connectivity index (χ1v) is 7.71. The van der Waals surface area contributed by atoms with Crippen molar-refractivity contribution in [2.24, 2.45) is 5.92 Å². The Kier molecular flexibility index (Phi) is 4.78. The Balaban J connectivity index is 2.00. The van der Waals surface area contributed by atoms with Crippen molar-refractivity contribution in [3.05, 3.63) is 16.1 Å². The molecule has 1 aromatic rings. The molecule has 1 fully saturated rings. The van der Waals surface area contributed by atoms with Crippen LogP contribution in [0, 0.1) is 12.8 Å². The van der Waals surface area contributed by atoms with Crippen LogP contribution in [0.15, 0.2) is 6.20 Å². The van der Waals surface area contributed by atoms with Gasteiger partial charge in [0.05, 0.1) is 16.8 Å². The van der Waals surface area contributed by atoms with E-state index in [2.05, 4.69) is 4.98 Å². The zero-order valence-corrected chi connectivity index (χ0v) is 13.1. The largest absolute Gasteiger partial charge is 0.389 e. The van der Waals surface area contributed by atoms with Crippen molar-refractivity contribution in [1.29, 1.82) is 0 Å². The van der Waals surface area contributed by atoms with Crippen LogP contribution in [0.4, 0.5) is 0 Å². The van der Waals surface area contributed by atoms with Gasteiger partial charge in [-0.2, -0.15) is 0 Å². The first-order chi connectivity index (χ1) is 9.46. The molecule has 1 amide bonds. The number of aromatic nitrogens is 1. The Morgan fingerprint density at radius 3 is 3.00 bits per heavy atom. The maximum absolute atomic E-state index is 12.4. The standard InChI is InChI=1S/C14H22N2O3S/c1-10-9-16(6-4-14(10,18)5-7-19-3)13(17)12-8-15-11(2)20-12/h8,10,18H,4-7,9H2,1-3H3/t10-,14-/m1/s1. The summed E-state index contributed by atoms with van der Waals surface area (Å²) >= 11 is 1.42. The highest BCUT2D eigenvalue weighted by Crippen LogP contribution is 2.32. The van der Waals surface area contributed by atoms with Crippen molar-refractivity contribution in [1.82, 2.24) is 9.88 Å². The lowest BCUT2D eigenvalue weighted by Gasteiger charge is -2.43.